The van der Waals surface area contributed by atoms with E-state index in [-0.39, 0.29) is 48.9 Å². The van der Waals surface area contributed by atoms with Crippen molar-refractivity contribution >= 4 is 54.5 Å². The van der Waals surface area contributed by atoms with E-state index < -0.39 is 16.1 Å². The van der Waals surface area contributed by atoms with Gasteiger partial charge in [0.2, 0.25) is 0 Å². The lowest BCUT2D eigenvalue weighted by atomic mass is 9.54. The van der Waals surface area contributed by atoms with Crippen LogP contribution in [0.3, 0.4) is 0 Å². The van der Waals surface area contributed by atoms with Gasteiger partial charge in [-0.15, -0.1) is 0 Å². The summed E-state index contributed by atoms with van der Waals surface area (Å²) in [6, 6.07) is 17.2. The lowest BCUT2D eigenvalue weighted by Crippen LogP contribution is -2.52. The highest BCUT2D eigenvalue weighted by molar-refractivity contribution is 7.87. The molecule has 16 heteroatoms. The monoisotopic (exact) mass is 852 g/mol. The van der Waals surface area contributed by atoms with Crippen molar-refractivity contribution in [1.82, 2.24) is 28.8 Å². The maximum atomic E-state index is 14.3. The fraction of sp³-hybridized carbons (Fsp3) is 0.477. The van der Waals surface area contributed by atoms with Gasteiger partial charge in [-0.1, -0.05) is 49.4 Å². The standard InChI is InChI=1S/C44H52N8O6S2/c1-28-20-43(21-29(2)23-44(22-28,26-43)57-4)27-52-30(3)34(24-45-52)32-12-13-38(47-39(32)41(54)49-60(55,56)51-16-18-58-19-17-51)50-15-14-31-8-7-9-33(35(31)25-50)40(53)48-42-46-36-10-5-6-11-37(36)59-42/h5-13,24,28-29H,14-23,25-27H2,1-4H3,(H,49,54)(H,46,48,53). The molecule has 2 aliphatic carbocycles. The quantitative estimate of drug-likeness (QED) is 0.157. The minimum Gasteiger partial charge on any atom is -0.379 e. The predicted molar refractivity (Wildman–Crippen MR) is 231 cm³/mol. The average Bonchev–Trinajstić information content (AvgIpc) is 3.81. The first-order valence-electron chi connectivity index (χ1n) is 20.8. The Morgan fingerprint density at radius 3 is 2.45 bits per heavy atom. The van der Waals surface area contributed by atoms with E-state index in [1.165, 1.54) is 15.6 Å². The number of ether oxygens (including phenoxy) is 2. The van der Waals surface area contributed by atoms with Crippen LogP contribution in [-0.2, 0) is 39.2 Å². The lowest BCUT2D eigenvalue weighted by molar-refractivity contribution is -0.146. The van der Waals surface area contributed by atoms with Gasteiger partial charge in [0, 0.05) is 62.2 Å². The molecule has 2 aliphatic heterocycles. The Hall–Kier alpha value is -4.74. The van der Waals surface area contributed by atoms with E-state index in [0.717, 1.165) is 65.7 Å². The van der Waals surface area contributed by atoms with E-state index in [0.29, 0.717) is 59.0 Å². The van der Waals surface area contributed by atoms with Crippen LogP contribution in [-0.4, -0.2) is 89.8 Å². The number of carbonyl (C=O) groups is 2. The van der Waals surface area contributed by atoms with E-state index in [1.54, 1.807) is 6.20 Å². The van der Waals surface area contributed by atoms with Crippen molar-refractivity contribution in [3.05, 3.63) is 88.9 Å². The minimum atomic E-state index is -4.19. The van der Waals surface area contributed by atoms with Gasteiger partial charge in [-0.2, -0.15) is 17.8 Å². The lowest BCUT2D eigenvalue weighted by Gasteiger charge is -2.55. The smallest absolute Gasteiger partial charge is 0.304 e. The van der Waals surface area contributed by atoms with Gasteiger partial charge in [0.15, 0.2) is 5.13 Å². The van der Waals surface area contributed by atoms with Gasteiger partial charge in [0.25, 0.3) is 11.8 Å². The molecule has 0 spiro atoms. The number of methoxy groups -OCH3 is 1. The van der Waals surface area contributed by atoms with E-state index in [4.69, 9.17) is 19.6 Å². The molecule has 3 fully saturated rings. The molecule has 316 valence electrons. The molecule has 5 aromatic rings. The number of nitrogens with one attached hydrogen (secondary N) is 2. The highest BCUT2D eigenvalue weighted by atomic mass is 32.2. The Balaban J connectivity index is 1.03. The number of benzene rings is 2. The third kappa shape index (κ3) is 7.83. The van der Waals surface area contributed by atoms with Gasteiger partial charge >= 0.3 is 10.2 Å². The molecule has 2 bridgehead atoms. The number of carbonyl (C=O) groups excluding carboxylic acids is 2. The fourth-order valence-electron chi connectivity index (χ4n) is 10.8. The first-order valence-corrected chi connectivity index (χ1v) is 23.1. The zero-order valence-electron chi connectivity index (χ0n) is 34.6. The second kappa shape index (κ2) is 15.9. The molecule has 2 amide bonds. The molecule has 60 heavy (non-hydrogen) atoms. The molecule has 9 rings (SSSR count). The first-order chi connectivity index (χ1) is 28.8. The number of thiazole rings is 1. The number of aromatic nitrogens is 4. The summed E-state index contributed by atoms with van der Waals surface area (Å²) in [5.74, 6) is 0.451. The number of anilines is 2. The number of morpholine rings is 1. The summed E-state index contributed by atoms with van der Waals surface area (Å²) in [6.45, 7) is 9.07. The Bertz CT molecular complexity index is 2520. The number of fused-ring (bicyclic) bond motifs is 4. The summed E-state index contributed by atoms with van der Waals surface area (Å²) < 4.78 is 45.3. The third-order valence-electron chi connectivity index (χ3n) is 13.0. The SMILES string of the molecule is COC12CC(C)CC(Cn3ncc(-c4ccc(N5CCc6cccc(C(=O)Nc7nc8ccccc8s7)c6C5)nc4C(=O)NS(=O)(=O)N4CCOCC4)c3C)(CC(C)C1)C2. The molecular weight excluding hydrogens is 801 g/mol. The Labute approximate surface area is 354 Å². The van der Waals surface area contributed by atoms with Crippen LogP contribution in [0.4, 0.5) is 10.9 Å². The molecule has 5 heterocycles. The average molecular weight is 853 g/mol. The summed E-state index contributed by atoms with van der Waals surface area (Å²) in [5.41, 5.74) is 5.21. The van der Waals surface area contributed by atoms with Gasteiger partial charge in [0.1, 0.15) is 11.5 Å². The Morgan fingerprint density at radius 1 is 0.933 bits per heavy atom. The Kier molecular flexibility index (Phi) is 10.8. The molecule has 2 N–H and O–H groups in total. The maximum absolute atomic E-state index is 14.3. The molecule has 2 atom stereocenters. The predicted octanol–water partition coefficient (Wildman–Crippen LogP) is 6.61. The van der Waals surface area contributed by atoms with E-state index in [2.05, 4.69) is 28.9 Å². The summed E-state index contributed by atoms with van der Waals surface area (Å²) in [5, 5.41) is 8.43. The van der Waals surface area contributed by atoms with Crippen molar-refractivity contribution in [3.8, 4) is 11.1 Å². The number of nitrogens with zero attached hydrogens (tertiary/aromatic N) is 6. The maximum Gasteiger partial charge on any atom is 0.304 e. The molecule has 14 nitrogen and oxygen atoms in total. The number of para-hydroxylation sites is 1. The van der Waals surface area contributed by atoms with Crippen molar-refractivity contribution in [2.45, 2.75) is 78.0 Å². The van der Waals surface area contributed by atoms with Crippen molar-refractivity contribution in [3.63, 3.8) is 0 Å². The molecule has 2 aromatic carbocycles. The van der Waals surface area contributed by atoms with E-state index in [1.807, 2.05) is 78.2 Å². The van der Waals surface area contributed by atoms with Crippen LogP contribution in [0.15, 0.2) is 60.8 Å². The zero-order valence-corrected chi connectivity index (χ0v) is 36.2. The number of hydrogen-bond acceptors (Lipinski definition) is 11. The highest BCUT2D eigenvalue weighted by Crippen LogP contribution is 2.57. The van der Waals surface area contributed by atoms with E-state index in [9.17, 15) is 18.0 Å². The number of amides is 2. The van der Waals surface area contributed by atoms with Gasteiger partial charge in [-0.3, -0.25) is 19.6 Å². The number of hydrogen-bond donors (Lipinski definition) is 2. The minimum absolute atomic E-state index is 0.0165. The largest absolute Gasteiger partial charge is 0.379 e. The Morgan fingerprint density at radius 2 is 1.70 bits per heavy atom. The molecule has 2 unspecified atom stereocenters. The van der Waals surface area contributed by atoms with Gasteiger partial charge in [-0.05, 0) is 104 Å². The van der Waals surface area contributed by atoms with Gasteiger partial charge in [-0.25, -0.2) is 14.7 Å². The van der Waals surface area contributed by atoms with Crippen LogP contribution in [0.5, 0.6) is 0 Å². The molecule has 2 saturated carbocycles. The molecule has 1 saturated heterocycles. The molecule has 3 aromatic heterocycles. The van der Waals surface area contributed by atoms with Crippen LogP contribution in [0.1, 0.15) is 83.6 Å². The molecular formula is C44H52N8O6S2. The van der Waals surface area contributed by atoms with E-state index >= 15 is 0 Å². The normalized spacial score (nSPS) is 24.6. The van der Waals surface area contributed by atoms with Crippen LogP contribution in [0, 0.1) is 24.2 Å². The first kappa shape index (κ1) is 40.7. The van der Waals surface area contributed by atoms with Crippen molar-refractivity contribution < 1.29 is 27.5 Å². The summed E-state index contributed by atoms with van der Waals surface area (Å²) in [4.78, 5) is 39.6. The number of pyridine rings is 1. The van der Waals surface area contributed by atoms with Crippen molar-refractivity contribution in [2.24, 2.45) is 17.3 Å². The van der Waals surface area contributed by atoms with Gasteiger partial charge in [0.05, 0.1) is 35.2 Å². The van der Waals surface area contributed by atoms with Crippen LogP contribution < -0.4 is 14.9 Å². The zero-order chi connectivity index (χ0) is 41.8. The third-order valence-corrected chi connectivity index (χ3v) is 15.4. The number of rotatable bonds is 10. The summed E-state index contributed by atoms with van der Waals surface area (Å²) in [7, 11) is -2.34. The second-order valence-corrected chi connectivity index (χ2v) is 20.2. The van der Waals surface area contributed by atoms with Crippen molar-refractivity contribution in [1.29, 1.82) is 0 Å². The second-order valence-electron chi connectivity index (χ2n) is 17.5. The highest BCUT2D eigenvalue weighted by Gasteiger charge is 2.52. The van der Waals surface area contributed by atoms with Crippen LogP contribution in [0.2, 0.25) is 0 Å². The van der Waals surface area contributed by atoms with Gasteiger partial charge < -0.3 is 14.4 Å². The fourth-order valence-corrected chi connectivity index (χ4v) is 12.7. The topological polar surface area (TPSA) is 161 Å². The van der Waals surface area contributed by atoms with Crippen LogP contribution in [0.25, 0.3) is 21.3 Å². The summed E-state index contributed by atoms with van der Waals surface area (Å²) in [6.07, 6.45) is 7.69. The van der Waals surface area contributed by atoms with Crippen LogP contribution >= 0.6 is 11.3 Å². The molecule has 0 radical (unpaired) electrons. The molecule has 4 aliphatic rings. The van der Waals surface area contributed by atoms with Crippen molar-refractivity contribution in [2.75, 3.05) is 50.2 Å². The summed E-state index contributed by atoms with van der Waals surface area (Å²) >= 11 is 1.42.